The van der Waals surface area contributed by atoms with E-state index < -0.39 is 0 Å². The van der Waals surface area contributed by atoms with Crippen LogP contribution in [0.2, 0.25) is 0 Å². The van der Waals surface area contributed by atoms with Crippen molar-refractivity contribution in [2.75, 3.05) is 0 Å². The summed E-state index contributed by atoms with van der Waals surface area (Å²) in [5, 5.41) is 1.10. The van der Waals surface area contributed by atoms with E-state index in [1.54, 1.807) is 0 Å². The van der Waals surface area contributed by atoms with Gasteiger partial charge in [0.1, 0.15) is 10.3 Å². The SMILES string of the molecule is Cc1cc(-c2ccccc2)c2ccc(=S)[nH]c2n1. The lowest BCUT2D eigenvalue weighted by Crippen LogP contribution is -1.91. The van der Waals surface area contributed by atoms with Crippen molar-refractivity contribution in [2.24, 2.45) is 0 Å². The van der Waals surface area contributed by atoms with Gasteiger partial charge in [0.05, 0.1) is 0 Å². The van der Waals surface area contributed by atoms with E-state index in [2.05, 4.69) is 28.2 Å². The molecule has 2 aromatic heterocycles. The van der Waals surface area contributed by atoms with Crippen LogP contribution in [-0.2, 0) is 0 Å². The Hall–Kier alpha value is -2.00. The number of nitrogens with zero attached hydrogens (tertiary/aromatic N) is 1. The Balaban J connectivity index is 2.39. The summed E-state index contributed by atoms with van der Waals surface area (Å²) in [7, 11) is 0. The Morgan fingerprint density at radius 3 is 2.61 bits per heavy atom. The van der Waals surface area contributed by atoms with Crippen molar-refractivity contribution in [3.8, 4) is 11.1 Å². The van der Waals surface area contributed by atoms with E-state index in [1.807, 2.05) is 37.3 Å². The van der Waals surface area contributed by atoms with Crippen LogP contribution in [0.25, 0.3) is 22.2 Å². The third kappa shape index (κ3) is 1.93. The Bertz CT molecular complexity index is 760. The van der Waals surface area contributed by atoms with Crippen molar-refractivity contribution in [2.45, 2.75) is 6.92 Å². The fourth-order valence-corrected chi connectivity index (χ4v) is 2.29. The fourth-order valence-electron chi connectivity index (χ4n) is 2.12. The number of hydrogen-bond donors (Lipinski definition) is 1. The number of nitrogens with one attached hydrogen (secondary N) is 1. The Morgan fingerprint density at radius 1 is 1.06 bits per heavy atom. The van der Waals surface area contributed by atoms with Crippen LogP contribution in [0.15, 0.2) is 48.5 Å². The molecule has 0 aliphatic carbocycles. The van der Waals surface area contributed by atoms with Crippen molar-refractivity contribution in [3.63, 3.8) is 0 Å². The number of benzene rings is 1. The number of pyridine rings is 2. The van der Waals surface area contributed by atoms with Gasteiger partial charge in [-0.1, -0.05) is 42.5 Å². The van der Waals surface area contributed by atoms with Crippen molar-refractivity contribution < 1.29 is 0 Å². The summed E-state index contributed by atoms with van der Waals surface area (Å²) in [5.41, 5.74) is 4.21. The van der Waals surface area contributed by atoms with Gasteiger partial charge in [-0.25, -0.2) is 4.98 Å². The van der Waals surface area contributed by atoms with Crippen LogP contribution in [0.5, 0.6) is 0 Å². The zero-order valence-electron chi connectivity index (χ0n) is 9.97. The molecule has 0 amide bonds. The number of aryl methyl sites for hydroxylation is 1. The lowest BCUT2D eigenvalue weighted by molar-refractivity contribution is 1.20. The van der Waals surface area contributed by atoms with Gasteiger partial charge < -0.3 is 4.98 Å². The molecule has 2 heterocycles. The van der Waals surface area contributed by atoms with Crippen molar-refractivity contribution >= 4 is 23.3 Å². The summed E-state index contributed by atoms with van der Waals surface area (Å²) < 4.78 is 0.708. The molecule has 0 spiro atoms. The predicted molar refractivity (Wildman–Crippen MR) is 77.1 cm³/mol. The average molecular weight is 252 g/mol. The molecule has 1 N–H and O–H groups in total. The third-order valence-corrected chi connectivity index (χ3v) is 3.15. The zero-order chi connectivity index (χ0) is 12.5. The molecule has 2 nitrogen and oxygen atoms in total. The number of hydrogen-bond acceptors (Lipinski definition) is 2. The summed E-state index contributed by atoms with van der Waals surface area (Å²) in [6.07, 6.45) is 0. The van der Waals surface area contributed by atoms with Gasteiger partial charge in [0, 0.05) is 11.1 Å². The van der Waals surface area contributed by atoms with E-state index in [-0.39, 0.29) is 0 Å². The quantitative estimate of drug-likeness (QED) is 0.655. The smallest absolute Gasteiger partial charge is 0.139 e. The van der Waals surface area contributed by atoms with Crippen LogP contribution in [0.4, 0.5) is 0 Å². The summed E-state index contributed by atoms with van der Waals surface area (Å²) in [4.78, 5) is 7.64. The Morgan fingerprint density at radius 2 is 1.83 bits per heavy atom. The lowest BCUT2D eigenvalue weighted by Gasteiger charge is -2.07. The van der Waals surface area contributed by atoms with E-state index in [1.165, 1.54) is 11.1 Å². The van der Waals surface area contributed by atoms with Gasteiger partial charge in [-0.15, -0.1) is 0 Å². The number of aromatic amines is 1. The normalized spacial score (nSPS) is 10.7. The molecule has 0 unspecified atom stereocenters. The topological polar surface area (TPSA) is 28.7 Å². The Labute approximate surface area is 110 Å². The summed E-state index contributed by atoms with van der Waals surface area (Å²) in [6.45, 7) is 2.00. The first-order chi connectivity index (χ1) is 8.74. The fraction of sp³-hybridized carbons (Fsp3) is 0.0667. The van der Waals surface area contributed by atoms with E-state index in [0.717, 1.165) is 16.7 Å². The molecular weight excluding hydrogens is 240 g/mol. The van der Waals surface area contributed by atoms with Crippen LogP contribution < -0.4 is 0 Å². The highest BCUT2D eigenvalue weighted by Gasteiger charge is 2.05. The van der Waals surface area contributed by atoms with Gasteiger partial charge >= 0.3 is 0 Å². The molecule has 1 aromatic carbocycles. The molecule has 3 rings (SSSR count). The van der Waals surface area contributed by atoms with Gasteiger partial charge in [-0.3, -0.25) is 0 Å². The maximum absolute atomic E-state index is 5.15. The molecule has 3 aromatic rings. The highest BCUT2D eigenvalue weighted by molar-refractivity contribution is 7.71. The first-order valence-electron chi connectivity index (χ1n) is 5.80. The molecule has 0 saturated heterocycles. The molecular formula is C15H12N2S. The number of fused-ring (bicyclic) bond motifs is 1. The van der Waals surface area contributed by atoms with Crippen LogP contribution in [0.3, 0.4) is 0 Å². The largest absolute Gasteiger partial charge is 0.331 e. The van der Waals surface area contributed by atoms with E-state index in [0.29, 0.717) is 4.64 Å². The molecule has 0 aliphatic heterocycles. The van der Waals surface area contributed by atoms with Crippen molar-refractivity contribution in [1.29, 1.82) is 0 Å². The minimum atomic E-state index is 0.708. The standard InChI is InChI=1S/C15H12N2S/c1-10-9-13(11-5-3-2-4-6-11)12-7-8-14(18)17-15(12)16-10/h2-9H,1H3,(H,16,17,18). The second-order valence-electron chi connectivity index (χ2n) is 4.26. The van der Waals surface area contributed by atoms with E-state index >= 15 is 0 Å². The van der Waals surface area contributed by atoms with Crippen molar-refractivity contribution in [3.05, 3.63) is 58.9 Å². The lowest BCUT2D eigenvalue weighted by atomic mass is 10.0. The molecule has 0 radical (unpaired) electrons. The molecule has 0 atom stereocenters. The molecule has 0 saturated carbocycles. The highest BCUT2D eigenvalue weighted by Crippen LogP contribution is 2.27. The van der Waals surface area contributed by atoms with Gasteiger partial charge in [0.2, 0.25) is 0 Å². The Kier molecular flexibility index (Phi) is 2.68. The van der Waals surface area contributed by atoms with Crippen LogP contribution in [0, 0.1) is 11.6 Å². The number of aromatic nitrogens is 2. The third-order valence-electron chi connectivity index (χ3n) is 2.91. The minimum Gasteiger partial charge on any atom is -0.331 e. The molecule has 0 aliphatic rings. The maximum Gasteiger partial charge on any atom is 0.139 e. The van der Waals surface area contributed by atoms with E-state index in [9.17, 15) is 0 Å². The highest BCUT2D eigenvalue weighted by atomic mass is 32.1. The second-order valence-corrected chi connectivity index (χ2v) is 4.70. The number of H-pyrrole nitrogens is 1. The van der Waals surface area contributed by atoms with Crippen molar-refractivity contribution in [1.82, 2.24) is 9.97 Å². The van der Waals surface area contributed by atoms with Crippen LogP contribution in [0.1, 0.15) is 5.69 Å². The maximum atomic E-state index is 5.15. The molecule has 0 fully saturated rings. The predicted octanol–water partition coefficient (Wildman–Crippen LogP) is 4.27. The van der Waals surface area contributed by atoms with Crippen LogP contribution >= 0.6 is 12.2 Å². The zero-order valence-corrected chi connectivity index (χ0v) is 10.8. The van der Waals surface area contributed by atoms with Gasteiger partial charge in [0.15, 0.2) is 0 Å². The first-order valence-corrected chi connectivity index (χ1v) is 6.21. The molecule has 88 valence electrons. The molecule has 0 bridgehead atoms. The summed E-state index contributed by atoms with van der Waals surface area (Å²) in [6, 6.07) is 16.4. The summed E-state index contributed by atoms with van der Waals surface area (Å²) >= 11 is 5.15. The van der Waals surface area contributed by atoms with Crippen LogP contribution in [-0.4, -0.2) is 9.97 Å². The average Bonchev–Trinajstić information content (AvgIpc) is 2.38. The van der Waals surface area contributed by atoms with Gasteiger partial charge in [-0.05, 0) is 36.2 Å². The summed E-state index contributed by atoms with van der Waals surface area (Å²) in [5.74, 6) is 0. The monoisotopic (exact) mass is 252 g/mol. The molecule has 3 heteroatoms. The van der Waals surface area contributed by atoms with Gasteiger partial charge in [-0.2, -0.15) is 0 Å². The molecule has 18 heavy (non-hydrogen) atoms. The number of rotatable bonds is 1. The first kappa shape index (κ1) is 11.1. The van der Waals surface area contributed by atoms with Gasteiger partial charge in [0.25, 0.3) is 0 Å². The van der Waals surface area contributed by atoms with E-state index in [4.69, 9.17) is 12.2 Å². The second kappa shape index (κ2) is 4.35. The minimum absolute atomic E-state index is 0.708.